The Bertz CT molecular complexity index is 973. The number of thiophene rings is 1. The molecule has 1 unspecified atom stereocenters. The molecule has 3 aromatic rings. The summed E-state index contributed by atoms with van der Waals surface area (Å²) in [5.41, 5.74) is 0.770. The van der Waals surface area contributed by atoms with Crippen LogP contribution in [0.15, 0.2) is 40.9 Å². The molecule has 5 nitrogen and oxygen atoms in total. The van der Waals surface area contributed by atoms with E-state index >= 15 is 0 Å². The van der Waals surface area contributed by atoms with Crippen LogP contribution in [0.3, 0.4) is 0 Å². The third-order valence-corrected chi connectivity index (χ3v) is 6.69. The molecule has 0 aliphatic rings. The molecule has 154 valence electrons. The number of thioether (sulfide) groups is 1. The molecule has 1 N–H and O–H groups in total. The number of amides is 1. The number of nitrogens with one attached hydrogen (secondary N) is 1. The van der Waals surface area contributed by atoms with Crippen LogP contribution in [0.1, 0.15) is 31.7 Å². The molecule has 0 saturated heterocycles. The number of rotatable bonds is 8. The van der Waals surface area contributed by atoms with Crippen LogP contribution in [0.5, 0.6) is 0 Å². The van der Waals surface area contributed by atoms with Gasteiger partial charge in [0.2, 0.25) is 5.91 Å². The van der Waals surface area contributed by atoms with Crippen LogP contribution in [0, 0.1) is 5.92 Å². The van der Waals surface area contributed by atoms with E-state index in [1.165, 1.54) is 11.8 Å². The second-order valence-electron chi connectivity index (χ2n) is 7.03. The summed E-state index contributed by atoms with van der Waals surface area (Å²) in [6.07, 6.45) is 0. The number of hydrogen-bond acceptors (Lipinski definition) is 5. The fourth-order valence-electron chi connectivity index (χ4n) is 2.82. The van der Waals surface area contributed by atoms with E-state index in [1.807, 2.05) is 35.1 Å². The quantitative estimate of drug-likeness (QED) is 0.415. The maximum atomic E-state index is 12.4. The summed E-state index contributed by atoms with van der Waals surface area (Å²) in [6.45, 7) is 6.95. The molecule has 0 saturated carbocycles. The Morgan fingerprint density at radius 2 is 2.03 bits per heavy atom. The highest BCUT2D eigenvalue weighted by atomic mass is 35.5. The number of aromatic nitrogens is 3. The summed E-state index contributed by atoms with van der Waals surface area (Å²) in [6, 6.07) is 9.30. The first-order valence-electron chi connectivity index (χ1n) is 9.19. The molecule has 2 heterocycles. The van der Waals surface area contributed by atoms with E-state index < -0.39 is 0 Å². The summed E-state index contributed by atoms with van der Waals surface area (Å²) < 4.78 is 2.01. The van der Waals surface area contributed by atoms with Gasteiger partial charge in [0.25, 0.3) is 0 Å². The summed E-state index contributed by atoms with van der Waals surface area (Å²) >= 11 is 15.4. The molecule has 0 aliphatic carbocycles. The van der Waals surface area contributed by atoms with Crippen LogP contribution in [0.25, 0.3) is 11.4 Å². The zero-order valence-electron chi connectivity index (χ0n) is 16.4. The second-order valence-corrected chi connectivity index (χ2v) is 9.79. The first-order valence-corrected chi connectivity index (χ1v) is 11.8. The van der Waals surface area contributed by atoms with Crippen molar-refractivity contribution >= 4 is 52.2 Å². The van der Waals surface area contributed by atoms with Gasteiger partial charge in [0.15, 0.2) is 11.0 Å². The molecule has 29 heavy (non-hydrogen) atoms. The number of carbonyl (C=O) groups excluding carboxylic acids is 1. The Labute approximate surface area is 188 Å². The zero-order valence-corrected chi connectivity index (χ0v) is 19.5. The van der Waals surface area contributed by atoms with Gasteiger partial charge in [0.05, 0.1) is 16.8 Å². The van der Waals surface area contributed by atoms with E-state index in [0.29, 0.717) is 26.9 Å². The molecular weight excluding hydrogens is 447 g/mol. The normalized spacial score (nSPS) is 12.3. The van der Waals surface area contributed by atoms with Gasteiger partial charge in [-0.05, 0) is 42.5 Å². The fourth-order valence-corrected chi connectivity index (χ4v) is 4.80. The van der Waals surface area contributed by atoms with E-state index in [1.54, 1.807) is 23.5 Å². The van der Waals surface area contributed by atoms with Gasteiger partial charge in [-0.1, -0.05) is 54.9 Å². The minimum absolute atomic E-state index is 0.0138. The maximum Gasteiger partial charge on any atom is 0.230 e. The van der Waals surface area contributed by atoms with E-state index in [4.69, 9.17) is 23.2 Å². The van der Waals surface area contributed by atoms with Gasteiger partial charge < -0.3 is 9.88 Å². The lowest BCUT2D eigenvalue weighted by Gasteiger charge is -2.14. The van der Waals surface area contributed by atoms with Crippen LogP contribution in [0.2, 0.25) is 10.0 Å². The molecule has 0 fully saturated rings. The standard InChI is InChI=1S/C20H22Cl2N4OS2/c1-12(2)10-26-19(15-7-6-14(21)9-16(15)22)24-25-20(26)29-11-18(27)23-13(3)17-5-4-8-28-17/h4-9,12-13H,10-11H2,1-3H3,(H,23,27). The Morgan fingerprint density at radius 3 is 2.69 bits per heavy atom. The van der Waals surface area contributed by atoms with Gasteiger partial charge in [-0.2, -0.15) is 0 Å². The van der Waals surface area contributed by atoms with E-state index in [-0.39, 0.29) is 17.7 Å². The summed E-state index contributed by atoms with van der Waals surface area (Å²) in [7, 11) is 0. The molecule has 3 rings (SSSR count). The molecule has 0 bridgehead atoms. The zero-order chi connectivity index (χ0) is 21.0. The Balaban J connectivity index is 1.75. The SMILES string of the molecule is CC(C)Cn1c(SCC(=O)NC(C)c2cccs2)nnc1-c1ccc(Cl)cc1Cl. The predicted molar refractivity (Wildman–Crippen MR) is 122 cm³/mol. The van der Waals surface area contributed by atoms with E-state index in [0.717, 1.165) is 17.0 Å². The van der Waals surface area contributed by atoms with Crippen molar-refractivity contribution in [1.29, 1.82) is 0 Å². The second kappa shape index (κ2) is 9.98. The first kappa shape index (κ1) is 22.2. The van der Waals surface area contributed by atoms with Gasteiger partial charge in [-0.15, -0.1) is 21.5 Å². The average molecular weight is 469 g/mol. The Morgan fingerprint density at radius 1 is 1.24 bits per heavy atom. The fraction of sp³-hybridized carbons (Fsp3) is 0.350. The molecule has 1 amide bonds. The van der Waals surface area contributed by atoms with Crippen molar-refractivity contribution in [3.63, 3.8) is 0 Å². The molecule has 0 radical (unpaired) electrons. The molecule has 1 aromatic carbocycles. The van der Waals surface area contributed by atoms with Crippen molar-refractivity contribution in [2.24, 2.45) is 5.92 Å². The Hall–Kier alpha value is -1.54. The molecular formula is C20H22Cl2N4OS2. The largest absolute Gasteiger partial charge is 0.348 e. The van der Waals surface area contributed by atoms with Gasteiger partial charge in [0, 0.05) is 22.0 Å². The number of benzene rings is 1. The molecule has 1 atom stereocenters. The number of nitrogens with zero attached hydrogens (tertiary/aromatic N) is 3. The van der Waals surface area contributed by atoms with Crippen LogP contribution in [0.4, 0.5) is 0 Å². The lowest BCUT2D eigenvalue weighted by molar-refractivity contribution is -0.119. The summed E-state index contributed by atoms with van der Waals surface area (Å²) in [4.78, 5) is 13.5. The lowest BCUT2D eigenvalue weighted by atomic mass is 10.2. The van der Waals surface area contributed by atoms with E-state index in [2.05, 4.69) is 29.4 Å². The highest BCUT2D eigenvalue weighted by molar-refractivity contribution is 7.99. The van der Waals surface area contributed by atoms with Crippen LogP contribution >= 0.6 is 46.3 Å². The third kappa shape index (κ3) is 5.75. The average Bonchev–Trinajstić information content (AvgIpc) is 3.30. The third-order valence-electron chi connectivity index (χ3n) is 4.12. The van der Waals surface area contributed by atoms with Gasteiger partial charge in [0.1, 0.15) is 0 Å². The number of carbonyl (C=O) groups is 1. The lowest BCUT2D eigenvalue weighted by Crippen LogP contribution is -2.27. The van der Waals surface area contributed by atoms with Crippen molar-refractivity contribution in [3.8, 4) is 11.4 Å². The van der Waals surface area contributed by atoms with Gasteiger partial charge >= 0.3 is 0 Å². The van der Waals surface area contributed by atoms with E-state index in [9.17, 15) is 4.79 Å². The van der Waals surface area contributed by atoms with Crippen molar-refractivity contribution in [2.75, 3.05) is 5.75 Å². The van der Waals surface area contributed by atoms with Crippen LogP contribution in [-0.4, -0.2) is 26.4 Å². The van der Waals surface area contributed by atoms with Crippen LogP contribution in [-0.2, 0) is 11.3 Å². The van der Waals surface area contributed by atoms with Crippen LogP contribution < -0.4 is 5.32 Å². The van der Waals surface area contributed by atoms with Gasteiger partial charge in [-0.3, -0.25) is 4.79 Å². The maximum absolute atomic E-state index is 12.4. The van der Waals surface area contributed by atoms with Crippen molar-refractivity contribution in [2.45, 2.75) is 38.5 Å². The molecule has 0 spiro atoms. The smallest absolute Gasteiger partial charge is 0.230 e. The highest BCUT2D eigenvalue weighted by Gasteiger charge is 2.19. The van der Waals surface area contributed by atoms with Crippen molar-refractivity contribution < 1.29 is 4.79 Å². The minimum atomic E-state index is -0.0407. The van der Waals surface area contributed by atoms with Crippen molar-refractivity contribution in [3.05, 3.63) is 50.6 Å². The number of halogens is 2. The first-order chi connectivity index (χ1) is 13.8. The summed E-state index contributed by atoms with van der Waals surface area (Å²) in [5.74, 6) is 1.28. The van der Waals surface area contributed by atoms with Gasteiger partial charge in [-0.25, -0.2) is 0 Å². The molecule has 2 aromatic heterocycles. The molecule has 9 heteroatoms. The minimum Gasteiger partial charge on any atom is -0.348 e. The monoisotopic (exact) mass is 468 g/mol. The topological polar surface area (TPSA) is 59.8 Å². The number of hydrogen-bond donors (Lipinski definition) is 1. The summed E-state index contributed by atoms with van der Waals surface area (Å²) in [5, 5.41) is 15.5. The highest BCUT2D eigenvalue weighted by Crippen LogP contribution is 2.32. The molecule has 0 aliphatic heterocycles. The van der Waals surface area contributed by atoms with Crippen molar-refractivity contribution in [1.82, 2.24) is 20.1 Å². The predicted octanol–water partition coefficient (Wildman–Crippen LogP) is 5.94. The Kier molecular flexibility index (Phi) is 7.62.